The van der Waals surface area contributed by atoms with E-state index in [0.717, 1.165) is 45.4 Å². The van der Waals surface area contributed by atoms with Crippen molar-refractivity contribution in [1.29, 1.82) is 0 Å². The molecule has 188 valence electrons. The number of anilines is 1. The zero-order chi connectivity index (χ0) is 26.0. The van der Waals surface area contributed by atoms with Crippen molar-refractivity contribution in [2.45, 2.75) is 43.8 Å². The summed E-state index contributed by atoms with van der Waals surface area (Å²) in [6.07, 6.45) is 1.63. The van der Waals surface area contributed by atoms with Crippen molar-refractivity contribution in [2.75, 3.05) is 11.1 Å². The van der Waals surface area contributed by atoms with Gasteiger partial charge in [0.1, 0.15) is 0 Å². The largest absolute Gasteiger partial charge is 0.325 e. The van der Waals surface area contributed by atoms with Gasteiger partial charge in [0.25, 0.3) is 5.56 Å². The molecule has 0 aliphatic heterocycles. The number of hydrogen-bond acceptors (Lipinski definition) is 4. The first kappa shape index (κ1) is 25.5. The van der Waals surface area contributed by atoms with E-state index in [-0.39, 0.29) is 22.6 Å². The Morgan fingerprint density at radius 2 is 1.76 bits per heavy atom. The van der Waals surface area contributed by atoms with Crippen molar-refractivity contribution in [3.8, 4) is 11.3 Å². The van der Waals surface area contributed by atoms with Gasteiger partial charge in [0.15, 0.2) is 5.16 Å². The van der Waals surface area contributed by atoms with Gasteiger partial charge in [0.2, 0.25) is 5.91 Å². The molecular formula is C30H28BrN3O2S. The number of hydrogen-bond donors (Lipinski definition) is 1. The number of carbonyl (C=O) groups is 1. The monoisotopic (exact) mass is 573 g/mol. The summed E-state index contributed by atoms with van der Waals surface area (Å²) in [5, 5.41) is 3.48. The number of thioether (sulfide) groups is 1. The van der Waals surface area contributed by atoms with E-state index in [0.29, 0.717) is 11.7 Å². The molecule has 0 saturated carbocycles. The smallest absolute Gasteiger partial charge is 0.258 e. The number of rotatable bonds is 7. The van der Waals surface area contributed by atoms with Crippen LogP contribution >= 0.6 is 27.7 Å². The summed E-state index contributed by atoms with van der Waals surface area (Å²) >= 11 is 4.71. The number of amides is 1. The second-order valence-corrected chi connectivity index (χ2v) is 11.4. The van der Waals surface area contributed by atoms with E-state index in [4.69, 9.17) is 4.98 Å². The second-order valence-electron chi connectivity index (χ2n) is 9.59. The number of halogens is 1. The van der Waals surface area contributed by atoms with Crippen LogP contribution in [0.1, 0.15) is 37.0 Å². The molecule has 1 aliphatic rings. The van der Waals surface area contributed by atoms with Gasteiger partial charge < -0.3 is 5.32 Å². The molecular weight excluding hydrogens is 546 g/mol. The fourth-order valence-electron chi connectivity index (χ4n) is 4.87. The highest BCUT2D eigenvalue weighted by molar-refractivity contribution is 9.10. The molecule has 1 heterocycles. The fourth-order valence-corrected chi connectivity index (χ4v) is 5.92. The van der Waals surface area contributed by atoms with E-state index in [2.05, 4.69) is 41.2 Å². The maximum Gasteiger partial charge on any atom is 0.258 e. The zero-order valence-electron chi connectivity index (χ0n) is 20.8. The Kier molecular flexibility index (Phi) is 7.36. The fraction of sp³-hybridized carbons (Fsp3) is 0.233. The van der Waals surface area contributed by atoms with E-state index in [9.17, 15) is 9.59 Å². The lowest BCUT2D eigenvalue weighted by Gasteiger charge is -2.36. The number of nitrogens with zero attached hydrogens (tertiary/aromatic N) is 2. The summed E-state index contributed by atoms with van der Waals surface area (Å²) < 4.78 is 2.69. The molecule has 1 aliphatic carbocycles. The molecule has 0 saturated heterocycles. The van der Waals surface area contributed by atoms with E-state index in [1.807, 2.05) is 72.8 Å². The first-order valence-corrected chi connectivity index (χ1v) is 14.1. The molecule has 37 heavy (non-hydrogen) atoms. The first-order chi connectivity index (χ1) is 17.9. The van der Waals surface area contributed by atoms with Crippen LogP contribution in [0.5, 0.6) is 0 Å². The van der Waals surface area contributed by atoms with Gasteiger partial charge in [-0.1, -0.05) is 96.1 Å². The molecule has 1 atom stereocenters. The average molecular weight is 575 g/mol. The minimum absolute atomic E-state index is 0.0245. The lowest BCUT2D eigenvalue weighted by Crippen LogP contribution is -2.40. The molecule has 1 N–H and O–H groups in total. The minimum atomic E-state index is -0.311. The number of benzene rings is 3. The standard InChI is InChI=1S/C30H28BrN3O2S/c1-3-30(2)17-21-11-7-8-12-24(21)27-26(30)28(36)34(18-20-9-5-4-6-10-20)29(33-27)37-19-25(35)32-23-15-13-22(31)14-16-23/h4-16H,3,17-19H2,1-2H3,(H,32,35)/t30-/m0/s1. The third kappa shape index (κ3) is 5.29. The predicted molar refractivity (Wildman–Crippen MR) is 154 cm³/mol. The van der Waals surface area contributed by atoms with Crippen LogP contribution in [0.15, 0.2) is 93.3 Å². The summed E-state index contributed by atoms with van der Waals surface area (Å²) in [6.45, 7) is 4.70. The molecule has 0 unspecified atom stereocenters. The van der Waals surface area contributed by atoms with Crippen molar-refractivity contribution in [3.63, 3.8) is 0 Å². The van der Waals surface area contributed by atoms with Gasteiger partial charge in [-0.25, -0.2) is 4.98 Å². The second kappa shape index (κ2) is 10.7. The molecule has 5 nitrogen and oxygen atoms in total. The maximum absolute atomic E-state index is 14.2. The van der Waals surface area contributed by atoms with Gasteiger partial charge in [0, 0.05) is 21.1 Å². The van der Waals surface area contributed by atoms with Crippen LogP contribution in [0.4, 0.5) is 5.69 Å². The number of carbonyl (C=O) groups excluding carboxylic acids is 1. The number of fused-ring (bicyclic) bond motifs is 3. The highest BCUT2D eigenvalue weighted by Crippen LogP contribution is 2.43. The van der Waals surface area contributed by atoms with E-state index >= 15 is 0 Å². The summed E-state index contributed by atoms with van der Waals surface area (Å²) in [5.74, 6) is -0.00711. The summed E-state index contributed by atoms with van der Waals surface area (Å²) in [5.41, 5.74) is 5.13. The van der Waals surface area contributed by atoms with Crippen molar-refractivity contribution in [1.82, 2.24) is 9.55 Å². The van der Waals surface area contributed by atoms with Gasteiger partial charge >= 0.3 is 0 Å². The quantitative estimate of drug-likeness (QED) is 0.198. The lowest BCUT2D eigenvalue weighted by molar-refractivity contribution is -0.113. The molecule has 3 aromatic carbocycles. The average Bonchev–Trinajstić information content (AvgIpc) is 2.91. The van der Waals surface area contributed by atoms with Crippen LogP contribution in [0.25, 0.3) is 11.3 Å². The highest BCUT2D eigenvalue weighted by Gasteiger charge is 2.38. The van der Waals surface area contributed by atoms with Crippen molar-refractivity contribution in [2.24, 2.45) is 0 Å². The summed E-state index contributed by atoms with van der Waals surface area (Å²) in [7, 11) is 0. The van der Waals surface area contributed by atoms with Crippen LogP contribution < -0.4 is 10.9 Å². The Hall–Kier alpha value is -3.16. The highest BCUT2D eigenvalue weighted by atomic mass is 79.9. The Labute approximate surface area is 229 Å². The van der Waals surface area contributed by atoms with Gasteiger partial charge in [-0.05, 0) is 48.2 Å². The SMILES string of the molecule is CC[C@@]1(C)Cc2ccccc2-c2nc(SCC(=O)Nc3ccc(Br)cc3)n(Cc3ccccc3)c(=O)c21. The normalized spacial score (nSPS) is 16.1. The molecule has 0 spiro atoms. The maximum atomic E-state index is 14.2. The third-order valence-electron chi connectivity index (χ3n) is 7.02. The first-order valence-electron chi connectivity index (χ1n) is 12.3. The molecule has 0 radical (unpaired) electrons. The lowest BCUT2D eigenvalue weighted by atomic mass is 9.69. The molecule has 1 amide bonds. The van der Waals surface area contributed by atoms with E-state index in [1.165, 1.54) is 17.3 Å². The molecule has 5 rings (SSSR count). The molecule has 1 aromatic heterocycles. The summed E-state index contributed by atoms with van der Waals surface area (Å²) in [6, 6.07) is 25.6. The van der Waals surface area contributed by atoms with Gasteiger partial charge in [-0.2, -0.15) is 0 Å². The van der Waals surface area contributed by atoms with Crippen LogP contribution in [0.3, 0.4) is 0 Å². The van der Waals surface area contributed by atoms with Crippen LogP contribution in [0.2, 0.25) is 0 Å². The Morgan fingerprint density at radius 3 is 2.49 bits per heavy atom. The van der Waals surface area contributed by atoms with Gasteiger partial charge in [0.05, 0.1) is 23.6 Å². The predicted octanol–water partition coefficient (Wildman–Crippen LogP) is 6.68. The Balaban J connectivity index is 1.56. The van der Waals surface area contributed by atoms with Crippen molar-refractivity contribution in [3.05, 3.63) is 110 Å². The number of aromatic nitrogens is 2. The molecule has 0 fully saturated rings. The van der Waals surface area contributed by atoms with Crippen LogP contribution in [-0.4, -0.2) is 21.2 Å². The van der Waals surface area contributed by atoms with E-state index in [1.54, 1.807) is 4.57 Å². The third-order valence-corrected chi connectivity index (χ3v) is 8.52. The molecule has 7 heteroatoms. The van der Waals surface area contributed by atoms with Crippen molar-refractivity contribution >= 4 is 39.3 Å². The Bertz CT molecular complexity index is 1500. The molecule has 0 bridgehead atoms. The van der Waals surface area contributed by atoms with Crippen LogP contribution in [-0.2, 0) is 23.2 Å². The van der Waals surface area contributed by atoms with Crippen LogP contribution in [0, 0.1) is 0 Å². The van der Waals surface area contributed by atoms with Gasteiger partial charge in [-0.15, -0.1) is 0 Å². The molecule has 4 aromatic rings. The van der Waals surface area contributed by atoms with E-state index < -0.39 is 0 Å². The topological polar surface area (TPSA) is 64.0 Å². The Morgan fingerprint density at radius 1 is 1.05 bits per heavy atom. The summed E-state index contributed by atoms with van der Waals surface area (Å²) in [4.78, 5) is 32.1. The number of nitrogens with one attached hydrogen (secondary N) is 1. The van der Waals surface area contributed by atoms with Gasteiger partial charge in [-0.3, -0.25) is 14.2 Å². The minimum Gasteiger partial charge on any atom is -0.325 e. The van der Waals surface area contributed by atoms with Crippen molar-refractivity contribution < 1.29 is 4.79 Å². The zero-order valence-corrected chi connectivity index (χ0v) is 23.2.